The predicted molar refractivity (Wildman–Crippen MR) is 65.1 cm³/mol. The third-order valence-corrected chi connectivity index (χ3v) is 3.42. The van der Waals surface area contributed by atoms with Gasteiger partial charge in [0.1, 0.15) is 0 Å². The highest BCUT2D eigenvalue weighted by Crippen LogP contribution is 2.34. The second kappa shape index (κ2) is 5.00. The zero-order valence-electron chi connectivity index (χ0n) is 9.63. The lowest BCUT2D eigenvalue weighted by molar-refractivity contribution is -0.00948. The second-order valence-electron chi connectivity index (χ2n) is 4.17. The van der Waals surface area contributed by atoms with E-state index in [1.54, 1.807) is 0 Å². The summed E-state index contributed by atoms with van der Waals surface area (Å²) in [7, 11) is 0. The van der Waals surface area contributed by atoms with Gasteiger partial charge in [0, 0.05) is 5.02 Å². The molecule has 0 spiro atoms. The lowest BCUT2D eigenvalue weighted by atomic mass is 9.80. The first-order valence-electron chi connectivity index (χ1n) is 5.50. The largest absolute Gasteiger partial charge is 0.385 e. The van der Waals surface area contributed by atoms with Crippen LogP contribution in [0.2, 0.25) is 5.02 Å². The topological polar surface area (TPSA) is 20.2 Å². The minimum Gasteiger partial charge on any atom is -0.385 e. The van der Waals surface area contributed by atoms with Gasteiger partial charge in [0.05, 0.1) is 5.60 Å². The molecule has 1 unspecified atom stereocenters. The molecule has 0 amide bonds. The molecule has 0 saturated carbocycles. The van der Waals surface area contributed by atoms with Gasteiger partial charge in [-0.2, -0.15) is 0 Å². The van der Waals surface area contributed by atoms with Crippen LogP contribution in [0.1, 0.15) is 39.2 Å². The van der Waals surface area contributed by atoms with E-state index < -0.39 is 5.60 Å². The van der Waals surface area contributed by atoms with Gasteiger partial charge >= 0.3 is 0 Å². The number of benzene rings is 1. The summed E-state index contributed by atoms with van der Waals surface area (Å²) >= 11 is 5.93. The molecule has 0 aliphatic rings. The van der Waals surface area contributed by atoms with Gasteiger partial charge in [0.25, 0.3) is 0 Å². The van der Waals surface area contributed by atoms with Gasteiger partial charge in [0.15, 0.2) is 0 Å². The fourth-order valence-electron chi connectivity index (χ4n) is 2.12. The summed E-state index contributed by atoms with van der Waals surface area (Å²) in [5.74, 6) is 0.274. The van der Waals surface area contributed by atoms with E-state index in [1.165, 1.54) is 0 Å². The van der Waals surface area contributed by atoms with Crippen molar-refractivity contribution in [2.75, 3.05) is 0 Å². The maximum atomic E-state index is 10.5. The summed E-state index contributed by atoms with van der Waals surface area (Å²) in [6.07, 6.45) is 1.94. The van der Waals surface area contributed by atoms with Crippen molar-refractivity contribution in [3.63, 3.8) is 0 Å². The SMILES string of the molecule is CCC(CC)C(C)(O)c1cccc(Cl)c1. The number of hydrogen-bond donors (Lipinski definition) is 1. The molecule has 0 heterocycles. The maximum Gasteiger partial charge on any atom is 0.0896 e. The molecule has 2 heteroatoms. The predicted octanol–water partition coefficient (Wildman–Crippen LogP) is 3.98. The third kappa shape index (κ3) is 2.73. The summed E-state index contributed by atoms with van der Waals surface area (Å²) in [6, 6.07) is 7.49. The van der Waals surface area contributed by atoms with Gasteiger partial charge in [-0.3, -0.25) is 0 Å². The van der Waals surface area contributed by atoms with E-state index in [4.69, 9.17) is 11.6 Å². The average Bonchev–Trinajstić information content (AvgIpc) is 2.19. The Kier molecular flexibility index (Phi) is 4.18. The average molecular weight is 227 g/mol. The molecule has 1 rings (SSSR count). The summed E-state index contributed by atoms with van der Waals surface area (Å²) in [5.41, 5.74) is 0.123. The first-order valence-corrected chi connectivity index (χ1v) is 5.88. The molecule has 1 aromatic rings. The van der Waals surface area contributed by atoms with Crippen molar-refractivity contribution in [2.45, 2.75) is 39.2 Å². The van der Waals surface area contributed by atoms with Gasteiger partial charge < -0.3 is 5.11 Å². The van der Waals surface area contributed by atoms with Crippen LogP contribution in [0.4, 0.5) is 0 Å². The number of aliphatic hydroxyl groups is 1. The minimum absolute atomic E-state index is 0.274. The molecule has 1 nitrogen and oxygen atoms in total. The number of rotatable bonds is 4. The van der Waals surface area contributed by atoms with Gasteiger partial charge in [0.2, 0.25) is 0 Å². The second-order valence-corrected chi connectivity index (χ2v) is 4.61. The molecule has 0 saturated heterocycles. The zero-order chi connectivity index (χ0) is 11.5. The van der Waals surface area contributed by atoms with Crippen LogP contribution in [0.15, 0.2) is 24.3 Å². The van der Waals surface area contributed by atoms with Crippen LogP contribution in [0.5, 0.6) is 0 Å². The number of halogens is 1. The smallest absolute Gasteiger partial charge is 0.0896 e. The van der Waals surface area contributed by atoms with E-state index >= 15 is 0 Å². The molecule has 0 aromatic heterocycles. The molecule has 0 aliphatic carbocycles. The first-order chi connectivity index (χ1) is 7.02. The molecule has 1 aromatic carbocycles. The molecular weight excluding hydrogens is 208 g/mol. The fourth-order valence-corrected chi connectivity index (χ4v) is 2.31. The molecule has 1 atom stereocenters. The van der Waals surface area contributed by atoms with Crippen molar-refractivity contribution < 1.29 is 5.11 Å². The third-order valence-electron chi connectivity index (χ3n) is 3.19. The van der Waals surface area contributed by atoms with E-state index in [0.717, 1.165) is 18.4 Å². The van der Waals surface area contributed by atoms with Gasteiger partial charge in [-0.1, -0.05) is 50.4 Å². The fraction of sp³-hybridized carbons (Fsp3) is 0.538. The Morgan fingerprint density at radius 1 is 1.33 bits per heavy atom. The van der Waals surface area contributed by atoms with Crippen molar-refractivity contribution >= 4 is 11.6 Å². The van der Waals surface area contributed by atoms with Crippen molar-refractivity contribution in [3.05, 3.63) is 34.9 Å². The van der Waals surface area contributed by atoms with Crippen molar-refractivity contribution in [2.24, 2.45) is 5.92 Å². The normalized spacial score (nSPS) is 15.3. The Morgan fingerprint density at radius 3 is 2.40 bits per heavy atom. The monoisotopic (exact) mass is 226 g/mol. The molecule has 0 aliphatic heterocycles. The molecule has 0 radical (unpaired) electrons. The van der Waals surface area contributed by atoms with Crippen LogP contribution in [-0.4, -0.2) is 5.11 Å². The molecular formula is C13H19ClO. The van der Waals surface area contributed by atoms with Crippen LogP contribution in [0.3, 0.4) is 0 Å². The Hall–Kier alpha value is -0.530. The van der Waals surface area contributed by atoms with E-state index in [9.17, 15) is 5.11 Å². The highest BCUT2D eigenvalue weighted by Gasteiger charge is 2.31. The van der Waals surface area contributed by atoms with Crippen LogP contribution >= 0.6 is 11.6 Å². The van der Waals surface area contributed by atoms with Crippen LogP contribution in [-0.2, 0) is 5.60 Å². The van der Waals surface area contributed by atoms with Crippen molar-refractivity contribution in [1.29, 1.82) is 0 Å². The Balaban J connectivity index is 3.03. The molecule has 0 bridgehead atoms. The Bertz CT molecular complexity index is 316. The van der Waals surface area contributed by atoms with Crippen molar-refractivity contribution in [1.82, 2.24) is 0 Å². The van der Waals surface area contributed by atoms with Crippen LogP contribution in [0.25, 0.3) is 0 Å². The lowest BCUT2D eigenvalue weighted by Crippen LogP contribution is -2.31. The van der Waals surface area contributed by atoms with E-state index in [-0.39, 0.29) is 5.92 Å². The highest BCUT2D eigenvalue weighted by atomic mass is 35.5. The Morgan fingerprint density at radius 2 is 1.93 bits per heavy atom. The maximum absolute atomic E-state index is 10.5. The zero-order valence-corrected chi connectivity index (χ0v) is 10.4. The quantitative estimate of drug-likeness (QED) is 0.824. The first kappa shape index (κ1) is 12.5. The van der Waals surface area contributed by atoms with Gasteiger partial charge in [-0.25, -0.2) is 0 Å². The highest BCUT2D eigenvalue weighted by molar-refractivity contribution is 6.30. The molecule has 15 heavy (non-hydrogen) atoms. The summed E-state index contributed by atoms with van der Waals surface area (Å²) in [4.78, 5) is 0. The van der Waals surface area contributed by atoms with E-state index in [2.05, 4.69) is 13.8 Å². The van der Waals surface area contributed by atoms with Crippen LogP contribution < -0.4 is 0 Å². The lowest BCUT2D eigenvalue weighted by Gasteiger charge is -2.32. The Labute approximate surface area is 97.1 Å². The summed E-state index contributed by atoms with van der Waals surface area (Å²) in [6.45, 7) is 6.08. The van der Waals surface area contributed by atoms with E-state index in [0.29, 0.717) is 5.02 Å². The summed E-state index contributed by atoms with van der Waals surface area (Å²) < 4.78 is 0. The van der Waals surface area contributed by atoms with Gasteiger partial charge in [-0.15, -0.1) is 0 Å². The van der Waals surface area contributed by atoms with Gasteiger partial charge in [-0.05, 0) is 30.5 Å². The molecule has 0 fully saturated rings. The van der Waals surface area contributed by atoms with E-state index in [1.807, 2.05) is 31.2 Å². The minimum atomic E-state index is -0.783. The standard InChI is InChI=1S/C13H19ClO/c1-4-10(5-2)13(3,15)11-7-6-8-12(14)9-11/h6-10,15H,4-5H2,1-3H3. The molecule has 84 valence electrons. The number of hydrogen-bond acceptors (Lipinski definition) is 1. The van der Waals surface area contributed by atoms with Crippen molar-refractivity contribution in [3.8, 4) is 0 Å². The molecule has 1 N–H and O–H groups in total. The van der Waals surface area contributed by atoms with Crippen LogP contribution in [0, 0.1) is 5.92 Å². The summed E-state index contributed by atoms with van der Waals surface area (Å²) in [5, 5.41) is 11.2.